The summed E-state index contributed by atoms with van der Waals surface area (Å²) < 4.78 is 41.8. The smallest absolute Gasteiger partial charge is 0.240 e. The molecule has 1 aliphatic heterocycles. The molecule has 9 heteroatoms. The highest BCUT2D eigenvalue weighted by molar-refractivity contribution is 7.98. The maximum Gasteiger partial charge on any atom is 0.240 e. The summed E-state index contributed by atoms with van der Waals surface area (Å²) in [5, 5.41) is 1.11. The normalized spacial score (nSPS) is 16.2. The molecule has 0 aromatic heterocycles. The Labute approximate surface area is 199 Å². The van der Waals surface area contributed by atoms with Crippen LogP contribution in [0.4, 0.5) is 4.39 Å². The van der Waals surface area contributed by atoms with Crippen LogP contribution in [0.5, 0.6) is 0 Å². The van der Waals surface area contributed by atoms with Crippen molar-refractivity contribution in [2.45, 2.75) is 19.0 Å². The van der Waals surface area contributed by atoms with Crippen LogP contribution in [0, 0.1) is 5.82 Å². The van der Waals surface area contributed by atoms with Crippen molar-refractivity contribution in [3.63, 3.8) is 0 Å². The van der Waals surface area contributed by atoms with E-state index in [0.717, 1.165) is 11.0 Å². The van der Waals surface area contributed by atoms with Gasteiger partial charge in [-0.2, -0.15) is 16.5 Å². The van der Waals surface area contributed by atoms with Crippen molar-refractivity contribution in [1.82, 2.24) is 14.5 Å². The van der Waals surface area contributed by atoms with Gasteiger partial charge in [0.25, 0.3) is 0 Å². The van der Waals surface area contributed by atoms with Gasteiger partial charge in [-0.3, -0.25) is 9.69 Å². The molecule has 1 heterocycles. The van der Waals surface area contributed by atoms with Crippen molar-refractivity contribution in [1.29, 1.82) is 0 Å². The number of amides is 1. The van der Waals surface area contributed by atoms with Gasteiger partial charge < -0.3 is 4.90 Å². The first-order valence-corrected chi connectivity index (χ1v) is 13.8. The van der Waals surface area contributed by atoms with Crippen LogP contribution >= 0.6 is 11.8 Å². The van der Waals surface area contributed by atoms with Crippen LogP contribution in [-0.4, -0.2) is 68.4 Å². The topological polar surface area (TPSA) is 69.7 Å². The molecule has 1 aliphatic rings. The van der Waals surface area contributed by atoms with Gasteiger partial charge >= 0.3 is 0 Å². The Balaban J connectivity index is 1.59. The molecule has 2 aromatic carbocycles. The lowest BCUT2D eigenvalue weighted by atomic mass is 10.1. The van der Waals surface area contributed by atoms with Gasteiger partial charge in [-0.1, -0.05) is 48.5 Å². The summed E-state index contributed by atoms with van der Waals surface area (Å²) in [6, 6.07) is 15.0. The lowest BCUT2D eigenvalue weighted by Crippen LogP contribution is -2.54. The summed E-state index contributed by atoms with van der Waals surface area (Å²) in [7, 11) is -3.79. The van der Waals surface area contributed by atoms with Gasteiger partial charge in [0, 0.05) is 43.7 Å². The fourth-order valence-electron chi connectivity index (χ4n) is 3.65. The van der Waals surface area contributed by atoms with Gasteiger partial charge in [-0.25, -0.2) is 12.8 Å². The van der Waals surface area contributed by atoms with Gasteiger partial charge in [-0.15, -0.1) is 0 Å². The average molecular weight is 492 g/mol. The summed E-state index contributed by atoms with van der Waals surface area (Å²) in [4.78, 5) is 17.0. The Kier molecular flexibility index (Phi) is 9.49. The van der Waals surface area contributed by atoms with Crippen LogP contribution < -0.4 is 4.72 Å². The van der Waals surface area contributed by atoms with Gasteiger partial charge in [0.2, 0.25) is 15.9 Å². The molecule has 0 saturated carbocycles. The van der Waals surface area contributed by atoms with Gasteiger partial charge in [0.1, 0.15) is 11.9 Å². The highest BCUT2D eigenvalue weighted by atomic mass is 32.2. The number of hydrogen-bond donors (Lipinski definition) is 1. The lowest BCUT2D eigenvalue weighted by molar-refractivity contribution is -0.134. The molecule has 1 amide bonds. The molecule has 3 rings (SSSR count). The van der Waals surface area contributed by atoms with E-state index in [1.807, 2.05) is 42.7 Å². The maximum atomic E-state index is 13.9. The maximum absolute atomic E-state index is 13.9. The molecule has 1 unspecified atom stereocenters. The number of carbonyl (C=O) groups excluding carboxylic acids is 1. The van der Waals surface area contributed by atoms with E-state index in [9.17, 15) is 17.6 Å². The van der Waals surface area contributed by atoms with Crippen LogP contribution in [0.2, 0.25) is 0 Å². The summed E-state index contributed by atoms with van der Waals surface area (Å²) in [5.74, 6) is 0.214. The molecular weight excluding hydrogens is 461 g/mol. The second kappa shape index (κ2) is 12.3. The number of carbonyl (C=O) groups is 1. The monoisotopic (exact) mass is 491 g/mol. The van der Waals surface area contributed by atoms with E-state index < -0.39 is 16.1 Å². The molecule has 1 N–H and O–H groups in total. The van der Waals surface area contributed by atoms with Crippen molar-refractivity contribution >= 4 is 33.8 Å². The third-order valence-electron chi connectivity index (χ3n) is 5.49. The molecule has 6 nitrogen and oxygen atoms in total. The first-order chi connectivity index (χ1) is 15.9. The average Bonchev–Trinajstić information content (AvgIpc) is 2.83. The minimum atomic E-state index is -3.79. The van der Waals surface area contributed by atoms with E-state index in [1.54, 1.807) is 28.8 Å². The molecule has 178 valence electrons. The van der Waals surface area contributed by atoms with E-state index in [0.29, 0.717) is 50.5 Å². The quantitative estimate of drug-likeness (QED) is 0.553. The highest BCUT2D eigenvalue weighted by Crippen LogP contribution is 2.14. The van der Waals surface area contributed by atoms with E-state index >= 15 is 0 Å². The standard InChI is InChI=1S/C24H30FN3O3S2/c1-32-17-11-23(26-33(30,31)18-12-20-7-3-2-4-8-20)24(29)28-15-13-27(14-16-28)19-21-9-5-6-10-22(21)25/h2-10,12,18,23,26H,11,13-17,19H2,1H3/b18-12+. The Morgan fingerprint density at radius 2 is 1.76 bits per heavy atom. The molecule has 1 fully saturated rings. The number of hydrogen-bond acceptors (Lipinski definition) is 5. The fourth-order valence-corrected chi connectivity index (χ4v) is 5.15. The molecule has 0 spiro atoms. The number of rotatable bonds is 10. The second-order valence-corrected chi connectivity index (χ2v) is 10.5. The third kappa shape index (κ3) is 7.96. The number of nitrogens with zero attached hydrogens (tertiary/aromatic N) is 2. The van der Waals surface area contributed by atoms with E-state index in [2.05, 4.69) is 9.62 Å². The van der Waals surface area contributed by atoms with Crippen LogP contribution in [-0.2, 0) is 21.4 Å². The summed E-state index contributed by atoms with van der Waals surface area (Å²) in [6.45, 7) is 2.66. The van der Waals surface area contributed by atoms with Crippen molar-refractivity contribution in [2.75, 3.05) is 38.2 Å². The largest absolute Gasteiger partial charge is 0.339 e. The Bertz CT molecular complexity index is 1040. The predicted octanol–water partition coefficient (Wildman–Crippen LogP) is 3.18. The number of halogens is 1. The van der Waals surface area contributed by atoms with Crippen molar-refractivity contribution in [2.24, 2.45) is 0 Å². The van der Waals surface area contributed by atoms with E-state index in [-0.39, 0.29) is 11.7 Å². The van der Waals surface area contributed by atoms with Crippen LogP contribution in [0.25, 0.3) is 6.08 Å². The summed E-state index contributed by atoms with van der Waals surface area (Å²) in [6.07, 6.45) is 3.85. The molecule has 0 bridgehead atoms. The lowest BCUT2D eigenvalue weighted by Gasteiger charge is -2.36. The van der Waals surface area contributed by atoms with Crippen LogP contribution in [0.3, 0.4) is 0 Å². The zero-order valence-corrected chi connectivity index (χ0v) is 20.3. The van der Waals surface area contributed by atoms with Gasteiger partial charge in [0.15, 0.2) is 0 Å². The number of sulfonamides is 1. The van der Waals surface area contributed by atoms with E-state index in [1.165, 1.54) is 12.1 Å². The first-order valence-electron chi connectivity index (χ1n) is 10.9. The molecule has 1 saturated heterocycles. The van der Waals surface area contributed by atoms with Crippen molar-refractivity contribution < 1.29 is 17.6 Å². The molecule has 0 radical (unpaired) electrons. The third-order valence-corrected chi connectivity index (χ3v) is 7.24. The first kappa shape index (κ1) is 25.4. The molecule has 2 aromatic rings. The highest BCUT2D eigenvalue weighted by Gasteiger charge is 2.29. The number of piperazine rings is 1. The Morgan fingerprint density at radius 3 is 2.42 bits per heavy atom. The van der Waals surface area contributed by atoms with E-state index in [4.69, 9.17) is 0 Å². The zero-order chi connectivity index (χ0) is 23.7. The number of thioether (sulfide) groups is 1. The molecular formula is C24H30FN3O3S2. The minimum absolute atomic E-state index is 0.216. The Morgan fingerprint density at radius 1 is 1.09 bits per heavy atom. The molecule has 1 atom stereocenters. The van der Waals surface area contributed by atoms with Crippen molar-refractivity contribution in [3.8, 4) is 0 Å². The zero-order valence-electron chi connectivity index (χ0n) is 18.7. The van der Waals surface area contributed by atoms with Crippen LogP contribution in [0.15, 0.2) is 60.0 Å². The van der Waals surface area contributed by atoms with Gasteiger partial charge in [0.05, 0.1) is 0 Å². The SMILES string of the molecule is CSCCC(NS(=O)(=O)/C=C/c1ccccc1)C(=O)N1CCN(Cc2ccccc2F)CC1. The molecule has 0 aliphatic carbocycles. The number of nitrogens with one attached hydrogen (secondary N) is 1. The Hall–Kier alpha value is -2.20. The number of benzene rings is 2. The molecule has 33 heavy (non-hydrogen) atoms. The van der Waals surface area contributed by atoms with Crippen LogP contribution in [0.1, 0.15) is 17.5 Å². The second-order valence-electron chi connectivity index (χ2n) is 7.90. The fraction of sp³-hybridized carbons (Fsp3) is 0.375. The van der Waals surface area contributed by atoms with Crippen molar-refractivity contribution in [3.05, 3.63) is 76.9 Å². The summed E-state index contributed by atoms with van der Waals surface area (Å²) in [5.41, 5.74) is 1.40. The summed E-state index contributed by atoms with van der Waals surface area (Å²) >= 11 is 1.57. The van der Waals surface area contributed by atoms with Gasteiger partial charge in [-0.05, 0) is 36.1 Å². The predicted molar refractivity (Wildman–Crippen MR) is 133 cm³/mol. The minimum Gasteiger partial charge on any atom is -0.339 e.